The van der Waals surface area contributed by atoms with E-state index >= 15 is 0 Å². The first-order valence-electron chi connectivity index (χ1n) is 5.32. The summed E-state index contributed by atoms with van der Waals surface area (Å²) in [6, 6.07) is -0.216. The molecule has 0 radical (unpaired) electrons. The molecule has 1 aromatic rings. The third kappa shape index (κ3) is 1.73. The van der Waals surface area contributed by atoms with Gasteiger partial charge in [0.1, 0.15) is 21.0 Å². The van der Waals surface area contributed by atoms with Gasteiger partial charge in [-0.05, 0) is 15.9 Å². The molecule has 0 saturated carbocycles. The van der Waals surface area contributed by atoms with Crippen molar-refractivity contribution in [1.82, 2.24) is 5.32 Å². The molecule has 5 nitrogen and oxygen atoms in total. The Morgan fingerprint density at radius 2 is 2.47 bits per heavy atom. The summed E-state index contributed by atoms with van der Waals surface area (Å²) in [5, 5.41) is 12.0. The number of ether oxygens (including phenoxy) is 1. The van der Waals surface area contributed by atoms with E-state index in [1.807, 2.05) is 0 Å². The number of nitrogens with one attached hydrogen (secondary N) is 1. The van der Waals surface area contributed by atoms with Crippen LogP contribution in [0.25, 0.3) is 0 Å². The van der Waals surface area contributed by atoms with Gasteiger partial charge in [-0.1, -0.05) is 0 Å². The molecule has 0 aromatic carbocycles. The Bertz CT molecular complexity index is 476. The lowest BCUT2D eigenvalue weighted by Gasteiger charge is -2.30. The molecule has 1 unspecified atom stereocenters. The van der Waals surface area contributed by atoms with Gasteiger partial charge in [0.05, 0.1) is 19.2 Å². The lowest BCUT2D eigenvalue weighted by molar-refractivity contribution is 0.0928. The SMILES string of the molecule is O=C1NC(CO)CN2CCOc3c(Br)sc1c32. The first-order valence-corrected chi connectivity index (χ1v) is 6.93. The molecule has 2 N–H and O–H groups in total. The third-order valence-corrected chi connectivity index (χ3v) is 4.72. The molecular formula is C10H11BrN2O3S. The molecule has 0 saturated heterocycles. The molecule has 1 aromatic heterocycles. The number of hydrogen-bond acceptors (Lipinski definition) is 5. The molecule has 3 heterocycles. The largest absolute Gasteiger partial charge is 0.487 e. The molecule has 0 bridgehead atoms. The molecule has 0 fully saturated rings. The van der Waals surface area contributed by atoms with E-state index in [9.17, 15) is 9.90 Å². The Labute approximate surface area is 110 Å². The minimum Gasteiger partial charge on any atom is -0.487 e. The van der Waals surface area contributed by atoms with Gasteiger partial charge in [0, 0.05) is 6.54 Å². The van der Waals surface area contributed by atoms with Gasteiger partial charge in [-0.3, -0.25) is 4.79 Å². The van der Waals surface area contributed by atoms with E-state index in [1.165, 1.54) is 11.3 Å². The van der Waals surface area contributed by atoms with Crippen LogP contribution in [-0.2, 0) is 0 Å². The van der Waals surface area contributed by atoms with E-state index in [4.69, 9.17) is 4.74 Å². The summed E-state index contributed by atoms with van der Waals surface area (Å²) >= 11 is 4.80. The van der Waals surface area contributed by atoms with Crippen molar-refractivity contribution >= 4 is 38.9 Å². The van der Waals surface area contributed by atoms with E-state index in [2.05, 4.69) is 26.1 Å². The normalized spacial score (nSPS) is 22.6. The van der Waals surface area contributed by atoms with Gasteiger partial charge in [-0.25, -0.2) is 0 Å². The van der Waals surface area contributed by atoms with Crippen LogP contribution in [0.3, 0.4) is 0 Å². The van der Waals surface area contributed by atoms with Gasteiger partial charge in [-0.2, -0.15) is 0 Å². The third-order valence-electron chi connectivity index (χ3n) is 2.93. The van der Waals surface area contributed by atoms with Crippen molar-refractivity contribution < 1.29 is 14.6 Å². The van der Waals surface area contributed by atoms with Crippen LogP contribution in [0, 0.1) is 0 Å². The molecule has 2 aliphatic heterocycles. The van der Waals surface area contributed by atoms with Crippen LogP contribution in [-0.4, -0.2) is 43.4 Å². The Hall–Kier alpha value is -0.790. The quantitative estimate of drug-likeness (QED) is 0.804. The standard InChI is InChI=1S/C10H11BrN2O3S/c11-9-7-6-8(17-9)10(15)12-5(4-14)3-13(6)1-2-16-7/h5,14H,1-4H2,(H,12,15). The maximum atomic E-state index is 12.0. The minimum atomic E-state index is -0.216. The molecule has 1 atom stereocenters. The first-order chi connectivity index (χ1) is 8.20. The number of carbonyl (C=O) groups is 1. The van der Waals surface area contributed by atoms with E-state index in [0.29, 0.717) is 18.0 Å². The van der Waals surface area contributed by atoms with Gasteiger partial charge in [-0.15, -0.1) is 11.3 Å². The minimum absolute atomic E-state index is 0.0471. The number of hydrogen-bond donors (Lipinski definition) is 2. The maximum absolute atomic E-state index is 12.0. The van der Waals surface area contributed by atoms with Crippen molar-refractivity contribution in [3.63, 3.8) is 0 Å². The number of anilines is 1. The number of aliphatic hydroxyl groups is 1. The molecule has 92 valence electrons. The molecule has 17 heavy (non-hydrogen) atoms. The number of nitrogens with zero attached hydrogens (tertiary/aromatic N) is 1. The molecule has 0 spiro atoms. The van der Waals surface area contributed by atoms with Crippen LogP contribution in [0.5, 0.6) is 5.75 Å². The number of carbonyl (C=O) groups excluding carboxylic acids is 1. The van der Waals surface area contributed by atoms with Crippen molar-refractivity contribution in [3.05, 3.63) is 8.66 Å². The summed E-state index contributed by atoms with van der Waals surface area (Å²) < 4.78 is 6.44. The maximum Gasteiger partial charge on any atom is 0.264 e. The molecule has 0 aliphatic carbocycles. The van der Waals surface area contributed by atoms with Crippen LogP contribution < -0.4 is 15.0 Å². The summed E-state index contributed by atoms with van der Waals surface area (Å²) in [4.78, 5) is 14.8. The predicted molar refractivity (Wildman–Crippen MR) is 68.1 cm³/mol. The van der Waals surface area contributed by atoms with Gasteiger partial charge in [0.15, 0.2) is 5.75 Å². The van der Waals surface area contributed by atoms with Crippen molar-refractivity contribution in [2.24, 2.45) is 0 Å². The van der Waals surface area contributed by atoms with E-state index in [1.54, 1.807) is 0 Å². The lowest BCUT2D eigenvalue weighted by atomic mass is 10.2. The first kappa shape index (κ1) is 11.3. The molecule has 1 amide bonds. The van der Waals surface area contributed by atoms with Crippen molar-refractivity contribution in [3.8, 4) is 5.75 Å². The average Bonchev–Trinajstić information content (AvgIpc) is 2.60. The lowest BCUT2D eigenvalue weighted by Crippen LogP contribution is -2.44. The zero-order chi connectivity index (χ0) is 12.0. The number of amides is 1. The topological polar surface area (TPSA) is 61.8 Å². The summed E-state index contributed by atoms with van der Waals surface area (Å²) in [7, 11) is 0. The average molecular weight is 319 g/mol. The molecule has 7 heteroatoms. The van der Waals surface area contributed by atoms with Crippen molar-refractivity contribution in [2.45, 2.75) is 6.04 Å². The highest BCUT2D eigenvalue weighted by atomic mass is 79.9. The molecule has 2 aliphatic rings. The predicted octanol–water partition coefficient (Wildman–Crippen LogP) is 0.814. The second kappa shape index (κ2) is 4.15. The van der Waals surface area contributed by atoms with Crippen LogP contribution >= 0.6 is 27.3 Å². The van der Waals surface area contributed by atoms with E-state index < -0.39 is 0 Å². The fraction of sp³-hybridized carbons (Fsp3) is 0.500. The Morgan fingerprint density at radius 1 is 1.65 bits per heavy atom. The van der Waals surface area contributed by atoms with Gasteiger partial charge < -0.3 is 20.1 Å². The van der Waals surface area contributed by atoms with Gasteiger partial charge in [0.25, 0.3) is 5.91 Å². The monoisotopic (exact) mass is 318 g/mol. The second-order valence-corrected chi connectivity index (χ2v) is 6.37. The van der Waals surface area contributed by atoms with Crippen LogP contribution in [0.2, 0.25) is 0 Å². The molecular weight excluding hydrogens is 308 g/mol. The zero-order valence-corrected chi connectivity index (χ0v) is 11.3. The fourth-order valence-corrected chi connectivity index (χ4v) is 3.85. The van der Waals surface area contributed by atoms with Gasteiger partial charge in [0.2, 0.25) is 0 Å². The smallest absolute Gasteiger partial charge is 0.264 e. The Morgan fingerprint density at radius 3 is 3.24 bits per heavy atom. The highest BCUT2D eigenvalue weighted by Crippen LogP contribution is 2.48. The van der Waals surface area contributed by atoms with Crippen molar-refractivity contribution in [2.75, 3.05) is 31.2 Å². The van der Waals surface area contributed by atoms with Gasteiger partial charge >= 0.3 is 0 Å². The second-order valence-electron chi connectivity index (χ2n) is 4.03. The van der Waals surface area contributed by atoms with E-state index in [0.717, 1.165) is 21.8 Å². The summed E-state index contributed by atoms with van der Waals surface area (Å²) in [6.07, 6.45) is 0. The number of rotatable bonds is 1. The van der Waals surface area contributed by atoms with Crippen LogP contribution in [0.15, 0.2) is 3.79 Å². The van der Waals surface area contributed by atoms with Crippen LogP contribution in [0.1, 0.15) is 9.67 Å². The highest BCUT2D eigenvalue weighted by molar-refractivity contribution is 9.11. The highest BCUT2D eigenvalue weighted by Gasteiger charge is 2.34. The number of thiophene rings is 1. The zero-order valence-electron chi connectivity index (χ0n) is 8.90. The summed E-state index contributed by atoms with van der Waals surface area (Å²) in [5.74, 6) is 0.619. The van der Waals surface area contributed by atoms with E-state index in [-0.39, 0.29) is 18.6 Å². The Kier molecular flexibility index (Phi) is 2.76. The molecule has 3 rings (SSSR count). The number of halogens is 1. The summed E-state index contributed by atoms with van der Waals surface area (Å²) in [5.41, 5.74) is 0.863. The van der Waals surface area contributed by atoms with Crippen molar-refractivity contribution in [1.29, 1.82) is 0 Å². The van der Waals surface area contributed by atoms with Crippen LogP contribution in [0.4, 0.5) is 5.69 Å². The fourth-order valence-electron chi connectivity index (χ4n) is 2.16. The number of aliphatic hydroxyl groups excluding tert-OH is 1. The Balaban J connectivity index is 2.10. The summed E-state index contributed by atoms with van der Waals surface area (Å²) in [6.45, 7) is 1.92.